The summed E-state index contributed by atoms with van der Waals surface area (Å²) >= 11 is 0. The minimum Gasteiger partial charge on any atom is -0.317 e. The summed E-state index contributed by atoms with van der Waals surface area (Å²) in [5.41, 5.74) is 0.103. The zero-order valence-electron chi connectivity index (χ0n) is 14.8. The summed E-state index contributed by atoms with van der Waals surface area (Å²) in [6.45, 7) is 2.40. The van der Waals surface area contributed by atoms with Crippen molar-refractivity contribution < 1.29 is 70.2 Å². The predicted octanol–water partition coefficient (Wildman–Crippen LogP) is 4.75. The molecule has 1 aromatic rings. The van der Waals surface area contributed by atoms with E-state index in [9.17, 15) is 65.5 Å². The van der Waals surface area contributed by atoms with Gasteiger partial charge in [-0.2, -0.15) is 57.1 Å². The molecule has 0 bridgehead atoms. The number of aromatic nitrogens is 1. The molecule has 0 aliphatic carbocycles. The average molecular weight is 504 g/mol. The van der Waals surface area contributed by atoms with Crippen LogP contribution in [0.3, 0.4) is 0 Å². The predicted molar refractivity (Wildman–Crippen MR) is 74.6 cm³/mol. The Morgan fingerprint density at radius 3 is 1.39 bits per heavy atom. The van der Waals surface area contributed by atoms with Crippen LogP contribution in [0, 0.1) is 13.8 Å². The first-order valence-electron chi connectivity index (χ1n) is 7.30. The summed E-state index contributed by atoms with van der Waals surface area (Å²) in [4.78, 5) is 2.03. The van der Waals surface area contributed by atoms with E-state index in [-0.39, 0.29) is 15.8 Å². The first kappa shape index (κ1) is 27.0. The Hall–Kier alpha value is -2.01. The van der Waals surface area contributed by atoms with Gasteiger partial charge in [0.15, 0.2) is 12.4 Å². The molecule has 180 valence electrons. The van der Waals surface area contributed by atoms with Crippen LogP contribution in [0.1, 0.15) is 11.1 Å². The molecule has 18 heteroatoms. The molecule has 1 aromatic heterocycles. The van der Waals surface area contributed by atoms with Crippen LogP contribution in [0.25, 0.3) is 4.83 Å². The number of aryl methyl sites for hydroxylation is 2. The first-order valence-corrected chi connectivity index (χ1v) is 8.74. The van der Waals surface area contributed by atoms with Crippen molar-refractivity contribution in [2.45, 2.75) is 49.0 Å². The minimum absolute atomic E-state index is 0.0516. The molecule has 0 amide bonds. The number of sulfonamides is 1. The van der Waals surface area contributed by atoms with Gasteiger partial charge in [-0.3, -0.25) is 0 Å². The summed E-state index contributed by atoms with van der Waals surface area (Å²) in [7, 11) is -7.26. The van der Waals surface area contributed by atoms with E-state index in [0.29, 0.717) is 12.4 Å². The Bertz CT molecular complexity index is 921. The molecule has 0 saturated heterocycles. The Balaban J connectivity index is 3.57. The van der Waals surface area contributed by atoms with Crippen LogP contribution < -0.4 is 4.68 Å². The van der Waals surface area contributed by atoms with E-state index in [2.05, 4.69) is 0 Å². The smallest absolute Gasteiger partial charge is 0.317 e. The van der Waals surface area contributed by atoms with Crippen molar-refractivity contribution in [2.24, 2.45) is 0 Å². The van der Waals surface area contributed by atoms with E-state index in [1.165, 1.54) is 19.9 Å². The lowest BCUT2D eigenvalue weighted by Gasteiger charge is -2.40. The molecule has 0 aromatic carbocycles. The van der Waals surface area contributed by atoms with Gasteiger partial charge in [0.05, 0.1) is 0 Å². The van der Waals surface area contributed by atoms with E-state index in [1.54, 1.807) is 0 Å². The summed E-state index contributed by atoms with van der Waals surface area (Å²) in [6, 6.07) is 1.26. The van der Waals surface area contributed by atoms with Crippen molar-refractivity contribution >= 4 is 10.0 Å². The molecule has 0 fully saturated rings. The Kier molecular flexibility index (Phi) is 6.33. The number of hydrogen-bond acceptors (Lipinski definition) is 2. The number of rotatable bonds is 7. The molecule has 0 aliphatic rings. The second kappa shape index (κ2) is 7.26. The molecule has 0 atom stereocenters. The number of halogens is 13. The van der Waals surface area contributed by atoms with Crippen molar-refractivity contribution in [3.63, 3.8) is 0 Å². The van der Waals surface area contributed by atoms with Crippen LogP contribution in [0.5, 0.6) is 0 Å². The van der Waals surface area contributed by atoms with Crippen LogP contribution in [-0.2, 0) is 10.0 Å². The lowest BCUT2D eigenvalue weighted by atomic mass is 9.98. The standard InChI is InChI=1S/C13H9F13N2O2S/c1-6-3-7(2)5-28(4-6)27-31(29,30)13(25,26)11(20,21)9(16,17)8(14,15)10(18,19)12(22,23)24/h3-5H,1-2H3. The normalized spacial score (nSPS) is 15.2. The third kappa shape index (κ3) is 3.97. The highest BCUT2D eigenvalue weighted by molar-refractivity contribution is 7.94. The van der Waals surface area contributed by atoms with E-state index >= 15 is 0 Å². The minimum atomic E-state index is -8.22. The SMILES string of the molecule is Cc1cc(C)c[n+]([N-]S(=O)(=O)C(F)(F)C(F)(F)C(F)(F)C(F)(F)C(F)(F)C(F)(F)F)c1. The molecule has 31 heavy (non-hydrogen) atoms. The fourth-order valence-electron chi connectivity index (χ4n) is 2.03. The fraction of sp³-hybridized carbons (Fsp3) is 0.615. The third-order valence-electron chi connectivity index (χ3n) is 3.56. The van der Waals surface area contributed by atoms with E-state index < -0.39 is 45.1 Å². The maximum Gasteiger partial charge on any atom is 0.460 e. The number of alkyl halides is 13. The molecule has 0 radical (unpaired) electrons. The van der Waals surface area contributed by atoms with E-state index in [1.807, 2.05) is 4.83 Å². The molecule has 0 saturated carbocycles. The summed E-state index contributed by atoms with van der Waals surface area (Å²) < 4.78 is 192. The maximum absolute atomic E-state index is 13.8. The first-order chi connectivity index (χ1) is 13.4. The van der Waals surface area contributed by atoms with Crippen LogP contribution in [0.2, 0.25) is 0 Å². The van der Waals surface area contributed by atoms with Gasteiger partial charge in [-0.15, -0.1) is 0 Å². The van der Waals surface area contributed by atoms with Crippen molar-refractivity contribution in [1.29, 1.82) is 0 Å². The zero-order chi connectivity index (χ0) is 25.1. The molecular formula is C13H9F13N2O2S. The fourth-order valence-corrected chi connectivity index (χ4v) is 2.93. The Morgan fingerprint density at radius 2 is 1.03 bits per heavy atom. The summed E-state index contributed by atoms with van der Waals surface area (Å²) in [6.07, 6.45) is -6.45. The summed E-state index contributed by atoms with van der Waals surface area (Å²) in [5, 5.41) is -7.36. The molecule has 4 nitrogen and oxygen atoms in total. The Labute approximate surface area is 164 Å². The Morgan fingerprint density at radius 1 is 0.677 bits per heavy atom. The number of pyridine rings is 1. The molecule has 0 N–H and O–H groups in total. The lowest BCUT2D eigenvalue weighted by molar-refractivity contribution is -0.615. The van der Waals surface area contributed by atoms with Gasteiger partial charge < -0.3 is 4.83 Å². The maximum atomic E-state index is 13.8. The van der Waals surface area contributed by atoms with Crippen molar-refractivity contribution in [1.82, 2.24) is 0 Å². The second-order valence-corrected chi connectivity index (χ2v) is 7.77. The van der Waals surface area contributed by atoms with Crippen LogP contribution in [0.15, 0.2) is 18.5 Å². The highest BCUT2D eigenvalue weighted by atomic mass is 32.2. The number of hydrogen-bond donors (Lipinski definition) is 0. The van der Waals surface area contributed by atoms with Gasteiger partial charge in [0.1, 0.15) is 0 Å². The van der Waals surface area contributed by atoms with Gasteiger partial charge in [0.25, 0.3) is 0 Å². The topological polar surface area (TPSA) is 52.1 Å². The number of nitrogens with zero attached hydrogens (tertiary/aromatic N) is 2. The van der Waals surface area contributed by atoms with Gasteiger partial charge >= 0.3 is 35.1 Å². The summed E-state index contributed by atoms with van der Waals surface area (Å²) in [5.74, 6) is -32.4. The second-order valence-electron chi connectivity index (χ2n) is 6.14. The van der Waals surface area contributed by atoms with Crippen molar-refractivity contribution in [3.05, 3.63) is 34.4 Å². The van der Waals surface area contributed by atoms with E-state index in [0.717, 1.165) is 0 Å². The highest BCUT2D eigenvalue weighted by Gasteiger charge is 2.92. The molecule has 1 heterocycles. The molecule has 0 unspecified atom stereocenters. The van der Waals surface area contributed by atoms with Gasteiger partial charge in [0.2, 0.25) is 10.0 Å². The van der Waals surface area contributed by atoms with Gasteiger partial charge in [0, 0.05) is 11.1 Å². The highest BCUT2D eigenvalue weighted by Crippen LogP contribution is 2.61. The van der Waals surface area contributed by atoms with Gasteiger partial charge in [-0.25, -0.2) is 13.1 Å². The zero-order valence-corrected chi connectivity index (χ0v) is 15.6. The largest absolute Gasteiger partial charge is 0.460 e. The lowest BCUT2D eigenvalue weighted by Crippen LogP contribution is -2.71. The van der Waals surface area contributed by atoms with Crippen LogP contribution in [0.4, 0.5) is 57.1 Å². The third-order valence-corrected chi connectivity index (χ3v) is 4.87. The van der Waals surface area contributed by atoms with E-state index in [4.69, 9.17) is 0 Å². The molecule has 1 rings (SSSR count). The van der Waals surface area contributed by atoms with Crippen LogP contribution in [-0.4, -0.2) is 43.5 Å². The van der Waals surface area contributed by atoms with Crippen molar-refractivity contribution in [3.8, 4) is 0 Å². The van der Waals surface area contributed by atoms with Gasteiger partial charge in [-0.05, 0) is 19.9 Å². The quantitative estimate of drug-likeness (QED) is 0.398. The monoisotopic (exact) mass is 504 g/mol. The van der Waals surface area contributed by atoms with Gasteiger partial charge in [-0.1, -0.05) is 0 Å². The molecular weight excluding hydrogens is 495 g/mol. The van der Waals surface area contributed by atoms with Crippen molar-refractivity contribution in [2.75, 3.05) is 0 Å². The van der Waals surface area contributed by atoms with Crippen LogP contribution >= 0.6 is 0 Å². The average Bonchev–Trinajstić information content (AvgIpc) is 2.51. The molecule has 0 spiro atoms. The molecule has 0 aliphatic heterocycles.